The number of hydrogen-bond donors (Lipinski definition) is 2. The summed E-state index contributed by atoms with van der Waals surface area (Å²) in [5.74, 6) is -2.34. The van der Waals surface area contributed by atoms with E-state index in [4.69, 9.17) is 16.7 Å². The first-order valence-electron chi connectivity index (χ1n) is 5.52. The lowest BCUT2D eigenvalue weighted by Gasteiger charge is -2.09. The Bertz CT molecular complexity index is 670. The topological polar surface area (TPSA) is 74.6 Å². The Hall–Kier alpha value is -1.98. The summed E-state index contributed by atoms with van der Waals surface area (Å²) in [6, 6.07) is 11.5. The van der Waals surface area contributed by atoms with Gasteiger partial charge in [-0.1, -0.05) is 41.6 Å². The van der Waals surface area contributed by atoms with Gasteiger partial charge in [0.05, 0.1) is 16.1 Å². The van der Waals surface area contributed by atoms with Crippen LogP contribution in [-0.2, 0) is 0 Å². The third kappa shape index (κ3) is 3.12. The Morgan fingerprint density at radius 2 is 1.55 bits per heavy atom. The van der Waals surface area contributed by atoms with Gasteiger partial charge in [0.15, 0.2) is 0 Å². The zero-order valence-corrected chi connectivity index (χ0v) is 11.6. The van der Waals surface area contributed by atoms with Crippen LogP contribution in [0, 0.1) is 0 Å². The summed E-state index contributed by atoms with van der Waals surface area (Å²) in [5.41, 5.74) is -0.135. The molecule has 2 N–H and O–H groups in total. The van der Waals surface area contributed by atoms with Gasteiger partial charge in [-0.25, -0.2) is 9.59 Å². The van der Waals surface area contributed by atoms with Gasteiger partial charge in [-0.05, 0) is 24.3 Å². The molecule has 0 aliphatic heterocycles. The molecule has 6 heteroatoms. The monoisotopic (exact) mass is 308 g/mol. The number of carboxylic acid groups (broad SMARTS) is 2. The number of benzene rings is 2. The maximum Gasteiger partial charge on any atom is 0.337 e. The predicted molar refractivity (Wildman–Crippen MR) is 75.9 cm³/mol. The van der Waals surface area contributed by atoms with Gasteiger partial charge >= 0.3 is 11.9 Å². The summed E-state index contributed by atoms with van der Waals surface area (Å²) in [6.45, 7) is 0. The van der Waals surface area contributed by atoms with Crippen LogP contribution in [0.3, 0.4) is 0 Å². The van der Waals surface area contributed by atoms with E-state index in [-0.39, 0.29) is 16.1 Å². The van der Waals surface area contributed by atoms with E-state index < -0.39 is 11.9 Å². The number of hydrogen-bond acceptors (Lipinski definition) is 3. The molecule has 2 aromatic carbocycles. The molecule has 2 aromatic rings. The molecule has 20 heavy (non-hydrogen) atoms. The number of aromatic carboxylic acids is 2. The van der Waals surface area contributed by atoms with Crippen molar-refractivity contribution in [2.24, 2.45) is 0 Å². The fourth-order valence-corrected chi connectivity index (χ4v) is 2.81. The first-order valence-corrected chi connectivity index (χ1v) is 6.71. The molecule has 0 fully saturated rings. The third-order valence-corrected chi connectivity index (χ3v) is 3.88. The normalized spacial score (nSPS) is 10.2. The summed E-state index contributed by atoms with van der Waals surface area (Å²) in [4.78, 5) is 23.4. The van der Waals surface area contributed by atoms with E-state index in [1.165, 1.54) is 23.9 Å². The molecule has 0 saturated carbocycles. The van der Waals surface area contributed by atoms with E-state index in [0.29, 0.717) is 4.90 Å². The molecule has 4 nitrogen and oxygen atoms in total. The molecule has 0 aliphatic carbocycles. The van der Waals surface area contributed by atoms with Crippen molar-refractivity contribution in [3.05, 3.63) is 58.6 Å². The number of halogens is 1. The van der Waals surface area contributed by atoms with Gasteiger partial charge in [0.25, 0.3) is 0 Å². The second kappa shape index (κ2) is 5.98. The fraction of sp³-hybridized carbons (Fsp3) is 0. The Balaban J connectivity index is 2.51. The minimum atomic E-state index is -1.19. The molecule has 0 aromatic heterocycles. The van der Waals surface area contributed by atoms with Gasteiger partial charge in [0, 0.05) is 9.79 Å². The smallest absolute Gasteiger partial charge is 0.337 e. The second-order valence-electron chi connectivity index (χ2n) is 3.85. The van der Waals surface area contributed by atoms with Gasteiger partial charge in [0.2, 0.25) is 0 Å². The maximum atomic E-state index is 11.2. The number of rotatable bonds is 4. The highest BCUT2D eigenvalue weighted by atomic mass is 35.5. The summed E-state index contributed by atoms with van der Waals surface area (Å²) in [5, 5.41) is 18.1. The van der Waals surface area contributed by atoms with Crippen molar-refractivity contribution in [3.63, 3.8) is 0 Å². The molecule has 102 valence electrons. The van der Waals surface area contributed by atoms with Crippen LogP contribution >= 0.6 is 23.4 Å². The Labute approximate surface area is 124 Å². The van der Waals surface area contributed by atoms with Crippen molar-refractivity contribution >= 4 is 35.3 Å². The number of carbonyl (C=O) groups is 2. The van der Waals surface area contributed by atoms with Gasteiger partial charge < -0.3 is 10.2 Å². The van der Waals surface area contributed by atoms with E-state index in [2.05, 4.69) is 0 Å². The van der Waals surface area contributed by atoms with Crippen LogP contribution < -0.4 is 0 Å². The Kier molecular flexibility index (Phi) is 4.32. The highest BCUT2D eigenvalue weighted by Gasteiger charge is 2.18. The van der Waals surface area contributed by atoms with Gasteiger partial charge in [-0.2, -0.15) is 0 Å². The molecule has 0 bridgehead atoms. The molecule has 0 amide bonds. The molecule has 0 unspecified atom stereocenters. The van der Waals surface area contributed by atoms with E-state index in [0.717, 1.165) is 4.90 Å². The van der Waals surface area contributed by atoms with Crippen LogP contribution in [0.5, 0.6) is 0 Å². The van der Waals surface area contributed by atoms with Crippen molar-refractivity contribution in [1.82, 2.24) is 0 Å². The van der Waals surface area contributed by atoms with Crippen LogP contribution in [0.4, 0.5) is 0 Å². The lowest BCUT2D eigenvalue weighted by molar-refractivity contribution is 0.0678. The third-order valence-electron chi connectivity index (χ3n) is 2.50. The van der Waals surface area contributed by atoms with Crippen molar-refractivity contribution in [2.45, 2.75) is 9.79 Å². The molecule has 0 aliphatic rings. The zero-order chi connectivity index (χ0) is 14.7. The molecule has 0 atom stereocenters. The lowest BCUT2D eigenvalue weighted by atomic mass is 10.1. The fourth-order valence-electron chi connectivity index (χ4n) is 1.58. The second-order valence-corrected chi connectivity index (χ2v) is 5.38. The summed E-state index contributed by atoms with van der Waals surface area (Å²) in [7, 11) is 0. The quantitative estimate of drug-likeness (QED) is 0.896. The molecule has 0 spiro atoms. The summed E-state index contributed by atoms with van der Waals surface area (Å²) >= 11 is 6.97. The standard InChI is InChI=1S/C14H9ClO4S/c15-11-6-10(14(18)19)12(7-9(11)13(16)17)20-8-4-2-1-3-5-8/h1-7H,(H,16,17)(H,18,19). The lowest BCUT2D eigenvalue weighted by Crippen LogP contribution is -2.04. The van der Waals surface area contributed by atoms with Crippen molar-refractivity contribution in [2.75, 3.05) is 0 Å². The molecule has 0 heterocycles. The average Bonchev–Trinajstić information content (AvgIpc) is 2.41. The van der Waals surface area contributed by atoms with E-state index in [1.807, 2.05) is 30.3 Å². The summed E-state index contributed by atoms with van der Waals surface area (Å²) in [6.07, 6.45) is 0. The molecule has 0 saturated heterocycles. The number of carboxylic acids is 2. The maximum absolute atomic E-state index is 11.2. The Morgan fingerprint density at radius 1 is 0.950 bits per heavy atom. The van der Waals surface area contributed by atoms with Crippen LogP contribution in [-0.4, -0.2) is 22.2 Å². The minimum absolute atomic E-state index is 0.0196. The van der Waals surface area contributed by atoms with Crippen molar-refractivity contribution in [3.8, 4) is 0 Å². The minimum Gasteiger partial charge on any atom is -0.478 e. The molecule has 2 rings (SSSR count). The van der Waals surface area contributed by atoms with E-state index >= 15 is 0 Å². The largest absolute Gasteiger partial charge is 0.478 e. The Morgan fingerprint density at radius 3 is 2.10 bits per heavy atom. The first kappa shape index (κ1) is 14.4. The van der Waals surface area contributed by atoms with Crippen LogP contribution in [0.15, 0.2) is 52.3 Å². The van der Waals surface area contributed by atoms with Gasteiger partial charge in [0.1, 0.15) is 0 Å². The van der Waals surface area contributed by atoms with Crippen LogP contribution in [0.25, 0.3) is 0 Å². The highest BCUT2D eigenvalue weighted by Crippen LogP contribution is 2.34. The zero-order valence-electron chi connectivity index (χ0n) is 10.0. The molecular formula is C14H9ClO4S. The van der Waals surface area contributed by atoms with Gasteiger partial charge in [-0.15, -0.1) is 0 Å². The SMILES string of the molecule is O=C(O)c1cc(Sc2ccccc2)c(C(=O)O)cc1Cl. The van der Waals surface area contributed by atoms with E-state index in [9.17, 15) is 14.7 Å². The molecule has 0 radical (unpaired) electrons. The average molecular weight is 309 g/mol. The first-order chi connectivity index (χ1) is 9.49. The van der Waals surface area contributed by atoms with Crippen molar-refractivity contribution in [1.29, 1.82) is 0 Å². The van der Waals surface area contributed by atoms with Crippen LogP contribution in [0.1, 0.15) is 20.7 Å². The van der Waals surface area contributed by atoms with E-state index in [1.54, 1.807) is 0 Å². The predicted octanol–water partition coefficient (Wildman–Crippen LogP) is 3.89. The molecular weight excluding hydrogens is 300 g/mol. The van der Waals surface area contributed by atoms with Gasteiger partial charge in [-0.3, -0.25) is 0 Å². The van der Waals surface area contributed by atoms with Crippen molar-refractivity contribution < 1.29 is 19.8 Å². The summed E-state index contributed by atoms with van der Waals surface area (Å²) < 4.78 is 0. The highest BCUT2D eigenvalue weighted by molar-refractivity contribution is 7.99. The van der Waals surface area contributed by atoms with Crippen LogP contribution in [0.2, 0.25) is 5.02 Å².